The fourth-order valence-corrected chi connectivity index (χ4v) is 3.73. The Morgan fingerprint density at radius 2 is 1.74 bits per heavy atom. The second kappa shape index (κ2) is 7.85. The fraction of sp³-hybridized carbons (Fsp3) is 0.500. The van der Waals surface area contributed by atoms with Gasteiger partial charge in [0.15, 0.2) is 0 Å². The summed E-state index contributed by atoms with van der Waals surface area (Å²) in [6.07, 6.45) is -3.20. The highest BCUT2D eigenvalue weighted by atomic mass is 32.2. The van der Waals surface area contributed by atoms with E-state index in [1.165, 1.54) is 17.3 Å². The van der Waals surface area contributed by atoms with Gasteiger partial charge in [-0.2, -0.15) is 13.2 Å². The number of benzene rings is 1. The molecular weight excluding hydrogens is 387 g/mol. The standard InChI is InChI=1S/C16H20F3N3O4S/c1-10(23)20-12-3-4-14(13(9-12)16(17,18)19)21-15(24)11-5-7-22(8-6-11)27(2,25)26/h3-4,9,11H,5-8H2,1-2H3,(H,20,23)(H,21,24). The number of carbonyl (C=O) groups excluding carboxylic acids is 2. The van der Waals surface area contributed by atoms with Crippen molar-refractivity contribution in [3.63, 3.8) is 0 Å². The molecule has 1 aromatic carbocycles. The van der Waals surface area contributed by atoms with Gasteiger partial charge in [0.05, 0.1) is 17.5 Å². The van der Waals surface area contributed by atoms with E-state index in [1.807, 2.05) is 0 Å². The third-order valence-electron chi connectivity index (χ3n) is 4.20. The number of nitrogens with one attached hydrogen (secondary N) is 2. The summed E-state index contributed by atoms with van der Waals surface area (Å²) in [5, 5.41) is 4.55. The molecule has 27 heavy (non-hydrogen) atoms. The molecule has 0 radical (unpaired) electrons. The van der Waals surface area contributed by atoms with Crippen molar-refractivity contribution in [2.24, 2.45) is 5.92 Å². The highest BCUT2D eigenvalue weighted by molar-refractivity contribution is 7.88. The normalized spacial score (nSPS) is 16.8. The van der Waals surface area contributed by atoms with Crippen LogP contribution < -0.4 is 10.6 Å². The molecule has 11 heteroatoms. The summed E-state index contributed by atoms with van der Waals surface area (Å²) in [6, 6.07) is 3.10. The first kappa shape index (κ1) is 21.2. The first-order chi connectivity index (χ1) is 12.4. The molecule has 2 N–H and O–H groups in total. The lowest BCUT2D eigenvalue weighted by Crippen LogP contribution is -2.41. The van der Waals surface area contributed by atoms with E-state index < -0.39 is 45.2 Å². The largest absolute Gasteiger partial charge is 0.418 e. The maximum absolute atomic E-state index is 13.3. The van der Waals surface area contributed by atoms with Crippen molar-refractivity contribution in [3.8, 4) is 0 Å². The Kier molecular flexibility index (Phi) is 6.15. The number of sulfonamides is 1. The molecule has 0 unspecified atom stereocenters. The summed E-state index contributed by atoms with van der Waals surface area (Å²) < 4.78 is 64.1. The number of anilines is 2. The Bertz CT molecular complexity index is 832. The van der Waals surface area contributed by atoms with Crippen LogP contribution in [0, 0.1) is 5.92 Å². The van der Waals surface area contributed by atoms with E-state index in [-0.39, 0.29) is 31.6 Å². The van der Waals surface area contributed by atoms with Gasteiger partial charge in [0, 0.05) is 31.6 Å². The average molecular weight is 407 g/mol. The van der Waals surface area contributed by atoms with E-state index in [4.69, 9.17) is 0 Å². The van der Waals surface area contributed by atoms with Crippen molar-refractivity contribution < 1.29 is 31.2 Å². The van der Waals surface area contributed by atoms with Crippen LogP contribution in [0.1, 0.15) is 25.3 Å². The minimum Gasteiger partial charge on any atom is -0.326 e. The summed E-state index contributed by atoms with van der Waals surface area (Å²) in [5.41, 5.74) is -1.52. The van der Waals surface area contributed by atoms with E-state index in [9.17, 15) is 31.2 Å². The van der Waals surface area contributed by atoms with Gasteiger partial charge in [-0.25, -0.2) is 12.7 Å². The number of hydrogen-bond acceptors (Lipinski definition) is 4. The topological polar surface area (TPSA) is 95.6 Å². The molecule has 7 nitrogen and oxygen atoms in total. The van der Waals surface area contributed by atoms with Crippen molar-refractivity contribution >= 4 is 33.2 Å². The van der Waals surface area contributed by atoms with Crippen LogP contribution >= 0.6 is 0 Å². The number of piperidine rings is 1. The quantitative estimate of drug-likeness (QED) is 0.801. The monoisotopic (exact) mass is 407 g/mol. The third-order valence-corrected chi connectivity index (χ3v) is 5.50. The Balaban J connectivity index is 2.14. The number of rotatable bonds is 4. The van der Waals surface area contributed by atoms with Gasteiger partial charge >= 0.3 is 6.18 Å². The zero-order valence-corrected chi connectivity index (χ0v) is 15.6. The minimum absolute atomic E-state index is 0.0331. The lowest BCUT2D eigenvalue weighted by atomic mass is 9.97. The molecule has 1 fully saturated rings. The van der Waals surface area contributed by atoms with Gasteiger partial charge in [-0.05, 0) is 31.0 Å². The molecule has 1 heterocycles. The van der Waals surface area contributed by atoms with Gasteiger partial charge in [-0.15, -0.1) is 0 Å². The number of nitrogens with zero attached hydrogens (tertiary/aromatic N) is 1. The van der Waals surface area contributed by atoms with E-state index in [0.717, 1.165) is 18.4 Å². The Hall–Kier alpha value is -2.14. The van der Waals surface area contributed by atoms with Crippen molar-refractivity contribution in [2.75, 3.05) is 30.0 Å². The Morgan fingerprint density at radius 1 is 1.15 bits per heavy atom. The molecule has 0 atom stereocenters. The molecule has 1 saturated heterocycles. The second-order valence-electron chi connectivity index (χ2n) is 6.36. The maximum Gasteiger partial charge on any atom is 0.418 e. The number of carbonyl (C=O) groups is 2. The highest BCUT2D eigenvalue weighted by Gasteiger charge is 2.35. The fourth-order valence-electron chi connectivity index (χ4n) is 2.85. The lowest BCUT2D eigenvalue weighted by molar-refractivity contribution is -0.137. The van der Waals surface area contributed by atoms with Crippen LogP contribution in [0.25, 0.3) is 0 Å². The van der Waals surface area contributed by atoms with Crippen LogP contribution in [-0.4, -0.2) is 43.9 Å². The smallest absolute Gasteiger partial charge is 0.326 e. The van der Waals surface area contributed by atoms with Gasteiger partial charge < -0.3 is 10.6 Å². The molecule has 0 aliphatic carbocycles. The first-order valence-electron chi connectivity index (χ1n) is 8.13. The molecule has 0 aromatic heterocycles. The molecule has 0 spiro atoms. The van der Waals surface area contributed by atoms with Crippen LogP contribution in [0.15, 0.2) is 18.2 Å². The van der Waals surface area contributed by atoms with Crippen LogP contribution in [0.5, 0.6) is 0 Å². The van der Waals surface area contributed by atoms with Crippen molar-refractivity contribution in [1.82, 2.24) is 4.31 Å². The summed E-state index contributed by atoms with van der Waals surface area (Å²) in [4.78, 5) is 23.4. The molecule has 1 aliphatic heterocycles. The van der Waals surface area contributed by atoms with Gasteiger partial charge in [-0.1, -0.05) is 0 Å². The van der Waals surface area contributed by atoms with Crippen molar-refractivity contribution in [2.45, 2.75) is 25.9 Å². The zero-order chi connectivity index (χ0) is 20.4. The second-order valence-corrected chi connectivity index (χ2v) is 8.35. The highest BCUT2D eigenvalue weighted by Crippen LogP contribution is 2.37. The predicted molar refractivity (Wildman–Crippen MR) is 93.5 cm³/mol. The van der Waals surface area contributed by atoms with E-state index in [2.05, 4.69) is 10.6 Å². The average Bonchev–Trinajstić information content (AvgIpc) is 2.54. The van der Waals surface area contributed by atoms with Gasteiger partial charge in [-0.3, -0.25) is 9.59 Å². The van der Waals surface area contributed by atoms with E-state index >= 15 is 0 Å². The minimum atomic E-state index is -4.73. The number of alkyl halides is 3. The zero-order valence-electron chi connectivity index (χ0n) is 14.8. The molecule has 2 rings (SSSR count). The third kappa shape index (κ3) is 5.67. The van der Waals surface area contributed by atoms with Crippen molar-refractivity contribution in [3.05, 3.63) is 23.8 Å². The van der Waals surface area contributed by atoms with Gasteiger partial charge in [0.25, 0.3) is 0 Å². The van der Waals surface area contributed by atoms with Crippen LogP contribution in [0.2, 0.25) is 0 Å². The van der Waals surface area contributed by atoms with E-state index in [1.54, 1.807) is 0 Å². The Morgan fingerprint density at radius 3 is 2.22 bits per heavy atom. The molecular formula is C16H20F3N3O4S. The van der Waals surface area contributed by atoms with E-state index in [0.29, 0.717) is 0 Å². The van der Waals surface area contributed by atoms with Crippen LogP contribution in [0.3, 0.4) is 0 Å². The van der Waals surface area contributed by atoms with Crippen LogP contribution in [0.4, 0.5) is 24.5 Å². The number of amides is 2. The molecule has 2 amide bonds. The molecule has 150 valence electrons. The lowest BCUT2D eigenvalue weighted by Gasteiger charge is -2.29. The SMILES string of the molecule is CC(=O)Nc1ccc(NC(=O)C2CCN(S(C)(=O)=O)CC2)c(C(F)(F)F)c1. The molecule has 1 aliphatic rings. The maximum atomic E-state index is 13.3. The summed E-state index contributed by atoms with van der Waals surface area (Å²) in [6.45, 7) is 1.46. The molecule has 1 aromatic rings. The summed E-state index contributed by atoms with van der Waals surface area (Å²) in [7, 11) is -3.36. The Labute approximate surface area is 155 Å². The van der Waals surface area contributed by atoms with Crippen LogP contribution in [-0.2, 0) is 25.8 Å². The molecule has 0 bridgehead atoms. The number of hydrogen-bond donors (Lipinski definition) is 2. The predicted octanol–water partition coefficient (Wildman–Crippen LogP) is 2.27. The summed E-state index contributed by atoms with van der Waals surface area (Å²) >= 11 is 0. The molecule has 0 saturated carbocycles. The summed E-state index contributed by atoms with van der Waals surface area (Å²) in [5.74, 6) is -1.70. The number of halogens is 3. The van der Waals surface area contributed by atoms with Gasteiger partial charge in [0.1, 0.15) is 0 Å². The first-order valence-corrected chi connectivity index (χ1v) is 9.97. The van der Waals surface area contributed by atoms with Crippen molar-refractivity contribution in [1.29, 1.82) is 0 Å². The van der Waals surface area contributed by atoms with Gasteiger partial charge in [0.2, 0.25) is 21.8 Å².